The highest BCUT2D eigenvalue weighted by atomic mass is 16.5. The van der Waals surface area contributed by atoms with Crippen LogP contribution in [0.15, 0.2) is 49.1 Å². The second kappa shape index (κ2) is 7.29. The van der Waals surface area contributed by atoms with E-state index in [1.54, 1.807) is 6.20 Å². The molecule has 1 saturated heterocycles. The van der Waals surface area contributed by atoms with E-state index >= 15 is 0 Å². The molecule has 0 bridgehead atoms. The molecule has 0 aromatic carbocycles. The number of piperidine rings is 1. The summed E-state index contributed by atoms with van der Waals surface area (Å²) in [6.07, 6.45) is 10.0. The van der Waals surface area contributed by atoms with Crippen molar-refractivity contribution < 1.29 is 4.74 Å². The van der Waals surface area contributed by atoms with Crippen LogP contribution in [0.2, 0.25) is 0 Å². The summed E-state index contributed by atoms with van der Waals surface area (Å²) >= 11 is 0. The van der Waals surface area contributed by atoms with Gasteiger partial charge in [-0.3, -0.25) is 14.9 Å². The quantitative estimate of drug-likeness (QED) is 0.845. The third-order valence-corrected chi connectivity index (χ3v) is 3.83. The summed E-state index contributed by atoms with van der Waals surface area (Å²) in [5, 5.41) is 0. The molecule has 4 nitrogen and oxygen atoms in total. The molecule has 0 radical (unpaired) electrons. The highest BCUT2D eigenvalue weighted by Crippen LogP contribution is 2.17. The van der Waals surface area contributed by atoms with Gasteiger partial charge in [0.2, 0.25) is 0 Å². The van der Waals surface area contributed by atoms with E-state index in [-0.39, 0.29) is 0 Å². The predicted octanol–water partition coefficient (Wildman–Crippen LogP) is 2.66. The maximum Gasteiger partial charge on any atom is 0.0736 e. The van der Waals surface area contributed by atoms with E-state index in [9.17, 15) is 0 Å². The average molecular weight is 283 g/mol. The van der Waals surface area contributed by atoms with Crippen LogP contribution in [0.25, 0.3) is 0 Å². The minimum atomic E-state index is 0.320. The SMILES string of the molecule is c1cncc(CO[C@H]2CCCN(Cc3ccncc3)C2)c1. The first-order valence-corrected chi connectivity index (χ1v) is 7.52. The van der Waals surface area contributed by atoms with Crippen molar-refractivity contribution in [3.8, 4) is 0 Å². The van der Waals surface area contributed by atoms with Gasteiger partial charge < -0.3 is 4.74 Å². The van der Waals surface area contributed by atoms with Crippen molar-refractivity contribution in [3.63, 3.8) is 0 Å². The molecule has 4 heteroatoms. The number of likely N-dealkylation sites (tertiary alicyclic amines) is 1. The number of rotatable bonds is 5. The van der Waals surface area contributed by atoms with Gasteiger partial charge in [0.1, 0.15) is 0 Å². The third kappa shape index (κ3) is 4.34. The molecule has 0 aliphatic carbocycles. The van der Waals surface area contributed by atoms with Crippen molar-refractivity contribution in [2.45, 2.75) is 32.1 Å². The van der Waals surface area contributed by atoms with Gasteiger partial charge in [-0.15, -0.1) is 0 Å². The zero-order chi connectivity index (χ0) is 14.3. The molecule has 2 aromatic heterocycles. The predicted molar refractivity (Wildman–Crippen MR) is 81.6 cm³/mol. The zero-order valence-electron chi connectivity index (χ0n) is 12.2. The number of nitrogens with zero attached hydrogens (tertiary/aromatic N) is 3. The molecular formula is C17H21N3O. The lowest BCUT2D eigenvalue weighted by Crippen LogP contribution is -2.39. The van der Waals surface area contributed by atoms with Gasteiger partial charge in [0.15, 0.2) is 0 Å². The van der Waals surface area contributed by atoms with E-state index in [0.717, 1.165) is 31.6 Å². The van der Waals surface area contributed by atoms with Crippen molar-refractivity contribution in [2.75, 3.05) is 13.1 Å². The molecule has 0 unspecified atom stereocenters. The fourth-order valence-corrected chi connectivity index (χ4v) is 2.74. The Balaban J connectivity index is 1.49. The minimum absolute atomic E-state index is 0.320. The molecule has 0 saturated carbocycles. The van der Waals surface area contributed by atoms with E-state index in [0.29, 0.717) is 12.7 Å². The number of ether oxygens (including phenoxy) is 1. The molecule has 3 rings (SSSR count). The van der Waals surface area contributed by atoms with E-state index in [2.05, 4.69) is 33.1 Å². The summed E-state index contributed by atoms with van der Waals surface area (Å²) in [7, 11) is 0. The van der Waals surface area contributed by atoms with Crippen LogP contribution in [-0.4, -0.2) is 34.1 Å². The molecule has 1 fully saturated rings. The highest BCUT2D eigenvalue weighted by Gasteiger charge is 2.20. The Morgan fingerprint density at radius 1 is 1.10 bits per heavy atom. The lowest BCUT2D eigenvalue weighted by Gasteiger charge is -2.32. The van der Waals surface area contributed by atoms with Crippen LogP contribution < -0.4 is 0 Å². The number of hydrogen-bond donors (Lipinski definition) is 0. The first-order chi connectivity index (χ1) is 10.4. The summed E-state index contributed by atoms with van der Waals surface area (Å²) in [4.78, 5) is 10.7. The Morgan fingerprint density at radius 2 is 2.00 bits per heavy atom. The lowest BCUT2D eigenvalue weighted by atomic mass is 10.1. The topological polar surface area (TPSA) is 38.2 Å². The summed E-state index contributed by atoms with van der Waals surface area (Å²) < 4.78 is 6.04. The van der Waals surface area contributed by atoms with Crippen LogP contribution in [0, 0.1) is 0 Å². The molecule has 1 aliphatic rings. The summed E-state index contributed by atoms with van der Waals surface area (Å²) in [5.41, 5.74) is 2.46. The molecule has 110 valence electrons. The van der Waals surface area contributed by atoms with Gasteiger partial charge in [-0.1, -0.05) is 6.07 Å². The van der Waals surface area contributed by atoms with Crippen LogP contribution in [0.3, 0.4) is 0 Å². The van der Waals surface area contributed by atoms with Crippen LogP contribution in [0.4, 0.5) is 0 Å². The number of aromatic nitrogens is 2. The molecule has 1 aliphatic heterocycles. The maximum atomic E-state index is 6.04. The Morgan fingerprint density at radius 3 is 2.81 bits per heavy atom. The van der Waals surface area contributed by atoms with Gasteiger partial charge in [-0.25, -0.2) is 0 Å². The monoisotopic (exact) mass is 283 g/mol. The molecule has 0 spiro atoms. The van der Waals surface area contributed by atoms with Gasteiger partial charge in [-0.05, 0) is 48.7 Å². The van der Waals surface area contributed by atoms with E-state index in [4.69, 9.17) is 4.74 Å². The van der Waals surface area contributed by atoms with Gasteiger partial charge in [0, 0.05) is 37.9 Å². The first kappa shape index (κ1) is 14.2. The van der Waals surface area contributed by atoms with Crippen molar-refractivity contribution in [3.05, 3.63) is 60.2 Å². The molecule has 0 amide bonds. The van der Waals surface area contributed by atoms with Crippen molar-refractivity contribution in [1.29, 1.82) is 0 Å². The first-order valence-electron chi connectivity index (χ1n) is 7.52. The molecular weight excluding hydrogens is 262 g/mol. The van der Waals surface area contributed by atoms with E-state index < -0.39 is 0 Å². The number of pyridine rings is 2. The zero-order valence-corrected chi connectivity index (χ0v) is 12.2. The van der Waals surface area contributed by atoms with E-state index in [1.165, 1.54) is 12.0 Å². The van der Waals surface area contributed by atoms with Crippen molar-refractivity contribution >= 4 is 0 Å². The number of hydrogen-bond acceptors (Lipinski definition) is 4. The highest BCUT2D eigenvalue weighted by molar-refractivity contribution is 5.09. The van der Waals surface area contributed by atoms with Gasteiger partial charge in [0.05, 0.1) is 12.7 Å². The Labute approximate surface area is 125 Å². The average Bonchev–Trinajstić information content (AvgIpc) is 2.55. The smallest absolute Gasteiger partial charge is 0.0736 e. The van der Waals surface area contributed by atoms with Gasteiger partial charge >= 0.3 is 0 Å². The van der Waals surface area contributed by atoms with Gasteiger partial charge in [0.25, 0.3) is 0 Å². The fourth-order valence-electron chi connectivity index (χ4n) is 2.74. The van der Waals surface area contributed by atoms with Crippen molar-refractivity contribution in [2.24, 2.45) is 0 Å². The largest absolute Gasteiger partial charge is 0.372 e. The molecule has 1 atom stereocenters. The Hall–Kier alpha value is -1.78. The standard InChI is InChI=1S/C17H21N3O/c1-3-16(11-19-7-1)14-21-17-4-2-10-20(13-17)12-15-5-8-18-9-6-15/h1,3,5-9,11,17H,2,4,10,12-14H2/t17-/m0/s1. The summed E-state index contributed by atoms with van der Waals surface area (Å²) in [5.74, 6) is 0. The lowest BCUT2D eigenvalue weighted by molar-refractivity contribution is -0.0121. The van der Waals surface area contributed by atoms with Crippen LogP contribution in [0.5, 0.6) is 0 Å². The molecule has 3 heterocycles. The molecule has 21 heavy (non-hydrogen) atoms. The molecule has 2 aromatic rings. The fraction of sp³-hybridized carbons (Fsp3) is 0.412. The van der Waals surface area contributed by atoms with Crippen LogP contribution >= 0.6 is 0 Å². The van der Waals surface area contributed by atoms with Crippen LogP contribution in [0.1, 0.15) is 24.0 Å². The van der Waals surface area contributed by atoms with E-state index in [1.807, 2.05) is 24.7 Å². The van der Waals surface area contributed by atoms with Crippen LogP contribution in [-0.2, 0) is 17.9 Å². The second-order valence-corrected chi connectivity index (χ2v) is 5.53. The van der Waals surface area contributed by atoms with Gasteiger partial charge in [-0.2, -0.15) is 0 Å². The summed E-state index contributed by atoms with van der Waals surface area (Å²) in [6.45, 7) is 3.79. The second-order valence-electron chi connectivity index (χ2n) is 5.53. The third-order valence-electron chi connectivity index (χ3n) is 3.83. The van der Waals surface area contributed by atoms with Crippen molar-refractivity contribution in [1.82, 2.24) is 14.9 Å². The summed E-state index contributed by atoms with van der Waals surface area (Å²) in [6, 6.07) is 8.18. The Kier molecular flexibility index (Phi) is 4.92. The normalized spacial score (nSPS) is 19.5. The minimum Gasteiger partial charge on any atom is -0.372 e. The maximum absolute atomic E-state index is 6.04. The molecule has 0 N–H and O–H groups in total. The Bertz CT molecular complexity index is 532.